The van der Waals surface area contributed by atoms with Crippen molar-refractivity contribution >= 4 is 38.0 Å². The summed E-state index contributed by atoms with van der Waals surface area (Å²) in [5.74, 6) is -0.694. The highest BCUT2D eigenvalue weighted by Gasteiger charge is 2.29. The summed E-state index contributed by atoms with van der Waals surface area (Å²) in [6.07, 6.45) is -3.31. The van der Waals surface area contributed by atoms with Crippen LogP contribution in [-0.2, 0) is 4.74 Å². The van der Waals surface area contributed by atoms with Crippen LogP contribution in [0.1, 0.15) is 35.1 Å². The minimum absolute atomic E-state index is 0.0211. The zero-order chi connectivity index (χ0) is 23.5. The molecule has 0 saturated heterocycles. The average molecular weight is 579 g/mol. The summed E-state index contributed by atoms with van der Waals surface area (Å²) >= 11 is 6.38. The Bertz CT molecular complexity index is 1100. The Kier molecular flexibility index (Phi) is 7.48. The summed E-state index contributed by atoms with van der Waals surface area (Å²) in [6.45, 7) is 0.243. The lowest BCUT2D eigenvalue weighted by Crippen LogP contribution is -2.31. The number of halogens is 3. The zero-order valence-electron chi connectivity index (χ0n) is 17.5. The van der Waals surface area contributed by atoms with E-state index in [-0.39, 0.29) is 31.1 Å². The molecule has 0 bridgehead atoms. The molecule has 1 aliphatic rings. The van der Waals surface area contributed by atoms with Crippen LogP contribution in [0.2, 0.25) is 0 Å². The molecule has 0 radical (unpaired) electrons. The van der Waals surface area contributed by atoms with Crippen molar-refractivity contribution in [2.24, 2.45) is 0 Å². The Morgan fingerprint density at radius 2 is 1.64 bits per heavy atom. The Balaban J connectivity index is 1.30. The van der Waals surface area contributed by atoms with E-state index in [1.807, 2.05) is 36.4 Å². The monoisotopic (exact) mass is 577 g/mol. The SMILES string of the molecule is O=C(NCCC(O)C(O)c1c(F)cc(Br)cc1Br)OCC1c2ccccc2-c2ccccc21. The first kappa shape index (κ1) is 23.9. The molecule has 4 rings (SSSR count). The predicted octanol–water partition coefficient (Wildman–Crippen LogP) is 5.67. The molecule has 1 aliphatic carbocycles. The maximum absolute atomic E-state index is 14.2. The van der Waals surface area contributed by atoms with Gasteiger partial charge in [-0.1, -0.05) is 80.4 Å². The molecule has 0 aliphatic heterocycles. The number of aliphatic hydroxyl groups is 2. The number of ether oxygens (including phenoxy) is 1. The molecule has 33 heavy (non-hydrogen) atoms. The van der Waals surface area contributed by atoms with E-state index in [2.05, 4.69) is 49.3 Å². The topological polar surface area (TPSA) is 78.8 Å². The molecule has 0 fully saturated rings. The number of aliphatic hydroxyl groups excluding tert-OH is 2. The minimum atomic E-state index is -1.45. The van der Waals surface area contributed by atoms with Crippen LogP contribution in [0.25, 0.3) is 11.1 Å². The van der Waals surface area contributed by atoms with E-state index in [1.54, 1.807) is 6.07 Å². The quantitative estimate of drug-likeness (QED) is 0.337. The van der Waals surface area contributed by atoms with E-state index in [0.29, 0.717) is 8.95 Å². The summed E-state index contributed by atoms with van der Waals surface area (Å²) in [4.78, 5) is 12.2. The van der Waals surface area contributed by atoms with Gasteiger partial charge in [0, 0.05) is 27.0 Å². The number of hydrogen-bond donors (Lipinski definition) is 3. The maximum Gasteiger partial charge on any atom is 0.407 e. The van der Waals surface area contributed by atoms with Crippen molar-refractivity contribution in [3.63, 3.8) is 0 Å². The van der Waals surface area contributed by atoms with Crippen molar-refractivity contribution in [1.29, 1.82) is 0 Å². The van der Waals surface area contributed by atoms with Crippen LogP contribution in [0.5, 0.6) is 0 Å². The number of amides is 1. The van der Waals surface area contributed by atoms with Gasteiger partial charge in [-0.3, -0.25) is 0 Å². The smallest absolute Gasteiger partial charge is 0.407 e. The Labute approximate surface area is 207 Å². The van der Waals surface area contributed by atoms with Crippen LogP contribution in [0.3, 0.4) is 0 Å². The van der Waals surface area contributed by atoms with Gasteiger partial charge in [-0.2, -0.15) is 0 Å². The second kappa shape index (κ2) is 10.3. The molecule has 0 aromatic heterocycles. The van der Waals surface area contributed by atoms with Crippen molar-refractivity contribution in [3.8, 4) is 11.1 Å². The van der Waals surface area contributed by atoms with E-state index in [0.717, 1.165) is 22.3 Å². The lowest BCUT2D eigenvalue weighted by atomic mass is 9.98. The zero-order valence-corrected chi connectivity index (χ0v) is 20.6. The number of carbonyl (C=O) groups excluding carboxylic acids is 1. The second-order valence-electron chi connectivity index (χ2n) is 7.84. The molecule has 2 unspecified atom stereocenters. The maximum atomic E-state index is 14.2. The predicted molar refractivity (Wildman–Crippen MR) is 130 cm³/mol. The number of alkyl carbamates (subject to hydrolysis) is 1. The van der Waals surface area contributed by atoms with Gasteiger partial charge in [-0.25, -0.2) is 9.18 Å². The van der Waals surface area contributed by atoms with Crippen LogP contribution >= 0.6 is 31.9 Å². The number of rotatable bonds is 7. The van der Waals surface area contributed by atoms with Crippen LogP contribution in [-0.4, -0.2) is 35.6 Å². The third-order valence-corrected chi connectivity index (χ3v) is 6.87. The third-order valence-electron chi connectivity index (χ3n) is 5.76. The molecular formula is C25H22Br2FNO4. The van der Waals surface area contributed by atoms with Gasteiger partial charge >= 0.3 is 6.09 Å². The molecule has 0 heterocycles. The fourth-order valence-corrected chi connectivity index (χ4v) is 5.57. The van der Waals surface area contributed by atoms with Gasteiger partial charge in [0.15, 0.2) is 0 Å². The number of carbonyl (C=O) groups is 1. The van der Waals surface area contributed by atoms with Crippen LogP contribution in [0.4, 0.5) is 9.18 Å². The van der Waals surface area contributed by atoms with Gasteiger partial charge in [-0.05, 0) is 40.8 Å². The highest BCUT2D eigenvalue weighted by Crippen LogP contribution is 2.44. The Morgan fingerprint density at radius 1 is 1.03 bits per heavy atom. The second-order valence-corrected chi connectivity index (χ2v) is 9.61. The van der Waals surface area contributed by atoms with Crippen LogP contribution in [0.15, 0.2) is 69.6 Å². The van der Waals surface area contributed by atoms with Crippen molar-refractivity contribution in [2.75, 3.05) is 13.2 Å². The molecule has 8 heteroatoms. The van der Waals surface area contributed by atoms with Crippen molar-refractivity contribution in [1.82, 2.24) is 5.32 Å². The molecular weight excluding hydrogens is 557 g/mol. The molecule has 5 nitrogen and oxygen atoms in total. The highest BCUT2D eigenvalue weighted by molar-refractivity contribution is 9.11. The summed E-state index contributed by atoms with van der Waals surface area (Å²) in [6, 6.07) is 18.9. The van der Waals surface area contributed by atoms with Crippen molar-refractivity contribution in [3.05, 3.63) is 92.1 Å². The highest BCUT2D eigenvalue weighted by atomic mass is 79.9. The fraction of sp³-hybridized carbons (Fsp3) is 0.240. The van der Waals surface area contributed by atoms with Gasteiger partial charge in [0.05, 0.1) is 6.10 Å². The first-order chi connectivity index (χ1) is 15.9. The van der Waals surface area contributed by atoms with Crippen LogP contribution < -0.4 is 5.32 Å². The lowest BCUT2D eigenvalue weighted by Gasteiger charge is -2.20. The molecule has 2 atom stereocenters. The van der Waals surface area contributed by atoms with Gasteiger partial charge in [0.1, 0.15) is 18.5 Å². The van der Waals surface area contributed by atoms with E-state index in [4.69, 9.17) is 4.74 Å². The largest absolute Gasteiger partial charge is 0.449 e. The van der Waals surface area contributed by atoms with Gasteiger partial charge < -0.3 is 20.3 Å². The number of fused-ring (bicyclic) bond motifs is 3. The molecule has 3 aromatic carbocycles. The Hall–Kier alpha value is -2.26. The van der Waals surface area contributed by atoms with Gasteiger partial charge in [0.25, 0.3) is 0 Å². The third kappa shape index (κ3) is 5.14. The van der Waals surface area contributed by atoms with E-state index in [9.17, 15) is 19.4 Å². The van der Waals surface area contributed by atoms with Gasteiger partial charge in [0.2, 0.25) is 0 Å². The van der Waals surface area contributed by atoms with Crippen molar-refractivity contribution in [2.45, 2.75) is 24.5 Å². The van der Waals surface area contributed by atoms with E-state index < -0.39 is 24.1 Å². The molecule has 3 aromatic rings. The number of benzene rings is 3. The molecule has 0 saturated carbocycles. The molecule has 0 spiro atoms. The fourth-order valence-electron chi connectivity index (χ4n) is 4.16. The van der Waals surface area contributed by atoms with E-state index in [1.165, 1.54) is 6.07 Å². The Morgan fingerprint density at radius 3 is 2.24 bits per heavy atom. The first-order valence-corrected chi connectivity index (χ1v) is 12.0. The number of nitrogens with one attached hydrogen (secondary N) is 1. The lowest BCUT2D eigenvalue weighted by molar-refractivity contribution is 0.0112. The minimum Gasteiger partial charge on any atom is -0.449 e. The summed E-state index contributed by atoms with van der Waals surface area (Å²) in [5.41, 5.74) is 4.49. The van der Waals surface area contributed by atoms with Gasteiger partial charge in [-0.15, -0.1) is 0 Å². The average Bonchev–Trinajstić information content (AvgIpc) is 3.10. The van der Waals surface area contributed by atoms with E-state index >= 15 is 0 Å². The normalized spacial score (nSPS) is 14.3. The molecule has 1 amide bonds. The molecule has 172 valence electrons. The summed E-state index contributed by atoms with van der Waals surface area (Å²) in [5, 5.41) is 23.2. The summed E-state index contributed by atoms with van der Waals surface area (Å²) < 4.78 is 20.5. The molecule has 3 N–H and O–H groups in total. The number of hydrogen-bond acceptors (Lipinski definition) is 4. The summed E-state index contributed by atoms with van der Waals surface area (Å²) in [7, 11) is 0. The van der Waals surface area contributed by atoms with Crippen LogP contribution in [0, 0.1) is 5.82 Å². The first-order valence-electron chi connectivity index (χ1n) is 10.5. The standard InChI is InChI=1S/C25H22Br2FNO4/c26-14-11-20(27)23(21(28)12-14)24(31)22(30)9-10-29-25(32)33-13-19-17-7-3-1-5-15(17)16-6-2-4-8-18(16)19/h1-8,11-12,19,22,24,30-31H,9-10,13H2,(H,29,32). The van der Waals surface area contributed by atoms with Crippen molar-refractivity contribution < 1.29 is 24.1 Å².